The number of allylic oxidation sites excluding steroid dienone is 1. The van der Waals surface area contributed by atoms with Gasteiger partial charge in [0.05, 0.1) is 25.0 Å². The van der Waals surface area contributed by atoms with Crippen molar-refractivity contribution in [2.24, 2.45) is 0 Å². The molecule has 3 aromatic rings. The van der Waals surface area contributed by atoms with E-state index in [1.54, 1.807) is 23.9 Å². The molecule has 2 N–H and O–H groups in total. The highest BCUT2D eigenvalue weighted by atomic mass is 16.5. The van der Waals surface area contributed by atoms with Gasteiger partial charge >= 0.3 is 0 Å². The molecule has 0 saturated carbocycles. The van der Waals surface area contributed by atoms with Crippen molar-refractivity contribution in [2.45, 2.75) is 32.7 Å². The molecule has 1 aliphatic heterocycles. The lowest BCUT2D eigenvalue weighted by Crippen LogP contribution is -2.31. The molecule has 0 bridgehead atoms. The number of nitrogens with one attached hydrogen (secondary N) is 2. The van der Waals surface area contributed by atoms with Crippen molar-refractivity contribution < 1.29 is 14.3 Å². The lowest BCUT2D eigenvalue weighted by Gasteiger charge is -2.29. The third-order valence-electron chi connectivity index (χ3n) is 5.36. The summed E-state index contributed by atoms with van der Waals surface area (Å²) in [5, 5.41) is 10.5. The Balaban J connectivity index is 1.66. The van der Waals surface area contributed by atoms with Crippen molar-refractivity contribution in [3.8, 4) is 11.5 Å². The fourth-order valence-electron chi connectivity index (χ4n) is 3.71. The first-order valence-corrected chi connectivity index (χ1v) is 10.7. The number of nitrogens with zero attached hydrogens (tertiary/aromatic N) is 3. The SMILES string of the molecule is CCCCOc1ccc([C@@H]2C(C(=O)Nc3ccccc3OC)=C(C)Nc3ncnn32)cc1. The second-order valence-corrected chi connectivity index (χ2v) is 7.52. The molecule has 1 atom stereocenters. The van der Waals surface area contributed by atoms with Crippen LogP contribution in [-0.2, 0) is 4.79 Å². The van der Waals surface area contributed by atoms with Crippen molar-refractivity contribution in [1.82, 2.24) is 14.8 Å². The van der Waals surface area contributed by atoms with Gasteiger partial charge in [-0.15, -0.1) is 0 Å². The Morgan fingerprint density at radius 1 is 1.19 bits per heavy atom. The van der Waals surface area contributed by atoms with Crippen LogP contribution >= 0.6 is 0 Å². The first-order chi connectivity index (χ1) is 15.6. The molecule has 0 unspecified atom stereocenters. The van der Waals surface area contributed by atoms with Gasteiger partial charge in [0.2, 0.25) is 5.95 Å². The summed E-state index contributed by atoms with van der Waals surface area (Å²) in [6.07, 6.45) is 3.57. The van der Waals surface area contributed by atoms with Crippen LogP contribution in [-0.4, -0.2) is 34.4 Å². The van der Waals surface area contributed by atoms with Crippen LogP contribution < -0.4 is 20.1 Å². The van der Waals surface area contributed by atoms with Crippen molar-refractivity contribution in [3.63, 3.8) is 0 Å². The molecule has 0 radical (unpaired) electrons. The summed E-state index contributed by atoms with van der Waals surface area (Å²) in [6.45, 7) is 4.68. The standard InChI is InChI=1S/C24H27N5O3/c1-4-5-14-32-18-12-10-17(11-13-18)22-21(16(2)27-24-25-15-26-29(22)24)23(30)28-19-8-6-7-9-20(19)31-3/h6-13,15,22H,4-5,14H2,1-3H3,(H,28,30)(H,25,26,27)/t22-/m1/s1. The summed E-state index contributed by atoms with van der Waals surface area (Å²) in [5.74, 6) is 1.74. The highest BCUT2D eigenvalue weighted by Crippen LogP contribution is 2.36. The van der Waals surface area contributed by atoms with Gasteiger partial charge in [-0.25, -0.2) is 4.68 Å². The minimum atomic E-state index is -0.437. The average Bonchev–Trinajstić information content (AvgIpc) is 3.27. The van der Waals surface area contributed by atoms with E-state index in [1.165, 1.54) is 6.33 Å². The summed E-state index contributed by atoms with van der Waals surface area (Å²) in [7, 11) is 1.58. The van der Waals surface area contributed by atoms with Crippen molar-refractivity contribution in [1.29, 1.82) is 0 Å². The third-order valence-corrected chi connectivity index (χ3v) is 5.36. The van der Waals surface area contributed by atoms with Gasteiger partial charge in [-0.05, 0) is 43.2 Å². The molecular weight excluding hydrogens is 406 g/mol. The van der Waals surface area contributed by atoms with Gasteiger partial charge in [0.15, 0.2) is 0 Å². The van der Waals surface area contributed by atoms with Crippen LogP contribution in [0.5, 0.6) is 11.5 Å². The largest absolute Gasteiger partial charge is 0.495 e. The maximum atomic E-state index is 13.5. The maximum absolute atomic E-state index is 13.5. The third kappa shape index (κ3) is 4.30. The fourth-order valence-corrected chi connectivity index (χ4v) is 3.71. The molecule has 4 rings (SSSR count). The number of hydrogen-bond donors (Lipinski definition) is 2. The zero-order valence-corrected chi connectivity index (χ0v) is 18.5. The van der Waals surface area contributed by atoms with Crippen LogP contribution in [0.2, 0.25) is 0 Å². The van der Waals surface area contributed by atoms with Crippen LogP contribution in [0.4, 0.5) is 11.6 Å². The molecule has 8 nitrogen and oxygen atoms in total. The monoisotopic (exact) mass is 433 g/mol. The van der Waals surface area contributed by atoms with E-state index in [0.717, 1.165) is 24.2 Å². The predicted octanol–water partition coefficient (Wildman–Crippen LogP) is 4.39. The highest BCUT2D eigenvalue weighted by molar-refractivity contribution is 6.06. The van der Waals surface area contributed by atoms with Gasteiger partial charge in [-0.2, -0.15) is 10.1 Å². The van der Waals surface area contributed by atoms with Gasteiger partial charge in [0.1, 0.15) is 23.9 Å². The summed E-state index contributed by atoms with van der Waals surface area (Å²) in [4.78, 5) is 17.7. The second-order valence-electron chi connectivity index (χ2n) is 7.52. The zero-order valence-electron chi connectivity index (χ0n) is 18.5. The van der Waals surface area contributed by atoms with Gasteiger partial charge in [0, 0.05) is 5.70 Å². The number of unbranched alkanes of at least 4 members (excludes halogenated alkanes) is 1. The lowest BCUT2D eigenvalue weighted by atomic mass is 9.95. The highest BCUT2D eigenvalue weighted by Gasteiger charge is 2.33. The van der Waals surface area contributed by atoms with Gasteiger partial charge < -0.3 is 20.1 Å². The Morgan fingerprint density at radius 2 is 1.97 bits per heavy atom. The molecular formula is C24H27N5O3. The van der Waals surface area contributed by atoms with Crippen LogP contribution in [0.3, 0.4) is 0 Å². The molecule has 0 aliphatic carbocycles. The second kappa shape index (κ2) is 9.55. The van der Waals surface area contributed by atoms with E-state index in [1.807, 2.05) is 43.3 Å². The molecule has 0 fully saturated rings. The number of methoxy groups -OCH3 is 1. The molecule has 1 aromatic heterocycles. The number of rotatable bonds is 8. The minimum absolute atomic E-state index is 0.242. The van der Waals surface area contributed by atoms with E-state index < -0.39 is 6.04 Å². The molecule has 2 heterocycles. The van der Waals surface area contributed by atoms with E-state index in [0.29, 0.717) is 35.3 Å². The summed E-state index contributed by atoms with van der Waals surface area (Å²) in [5.41, 5.74) is 2.77. The molecule has 166 valence electrons. The molecule has 0 spiro atoms. The number of carbonyl (C=O) groups excluding carboxylic acids is 1. The Labute approximate surface area is 187 Å². The summed E-state index contributed by atoms with van der Waals surface area (Å²) < 4.78 is 12.9. The van der Waals surface area contributed by atoms with Crippen LogP contribution in [0, 0.1) is 0 Å². The number of benzene rings is 2. The summed E-state index contributed by atoms with van der Waals surface area (Å²) >= 11 is 0. The number of amides is 1. The summed E-state index contributed by atoms with van der Waals surface area (Å²) in [6, 6.07) is 14.7. The number of para-hydroxylation sites is 2. The molecule has 2 aromatic carbocycles. The van der Waals surface area contributed by atoms with Crippen LogP contribution in [0.15, 0.2) is 66.1 Å². The van der Waals surface area contributed by atoms with Gasteiger partial charge in [-0.3, -0.25) is 4.79 Å². The molecule has 1 amide bonds. The number of ether oxygens (including phenoxy) is 2. The quantitative estimate of drug-likeness (QED) is 0.512. The normalized spacial score (nSPS) is 15.0. The number of aromatic nitrogens is 3. The van der Waals surface area contributed by atoms with Crippen LogP contribution in [0.1, 0.15) is 38.3 Å². The van der Waals surface area contributed by atoms with E-state index in [4.69, 9.17) is 9.47 Å². The van der Waals surface area contributed by atoms with Gasteiger partial charge in [0.25, 0.3) is 5.91 Å². The Hall–Kier alpha value is -3.81. The van der Waals surface area contributed by atoms with Crippen molar-refractivity contribution >= 4 is 17.5 Å². The van der Waals surface area contributed by atoms with E-state index in [2.05, 4.69) is 27.6 Å². The number of anilines is 2. The molecule has 1 aliphatic rings. The topological polar surface area (TPSA) is 90.3 Å². The van der Waals surface area contributed by atoms with E-state index in [-0.39, 0.29) is 5.91 Å². The Bertz CT molecular complexity index is 1120. The molecule has 0 saturated heterocycles. The fraction of sp³-hybridized carbons (Fsp3) is 0.292. The molecule has 8 heteroatoms. The van der Waals surface area contributed by atoms with Gasteiger partial charge in [-0.1, -0.05) is 37.6 Å². The van der Waals surface area contributed by atoms with Crippen molar-refractivity contribution in [2.75, 3.05) is 24.4 Å². The number of fused-ring (bicyclic) bond motifs is 1. The zero-order chi connectivity index (χ0) is 22.5. The first-order valence-electron chi connectivity index (χ1n) is 10.7. The molecule has 32 heavy (non-hydrogen) atoms. The Kier molecular flexibility index (Phi) is 6.39. The Morgan fingerprint density at radius 3 is 2.72 bits per heavy atom. The van der Waals surface area contributed by atoms with Crippen molar-refractivity contribution in [3.05, 3.63) is 71.7 Å². The minimum Gasteiger partial charge on any atom is -0.495 e. The van der Waals surface area contributed by atoms with E-state index in [9.17, 15) is 4.79 Å². The lowest BCUT2D eigenvalue weighted by molar-refractivity contribution is -0.113. The van der Waals surface area contributed by atoms with E-state index >= 15 is 0 Å². The first kappa shape index (κ1) is 21.4. The smallest absolute Gasteiger partial charge is 0.255 e. The predicted molar refractivity (Wildman–Crippen MR) is 123 cm³/mol. The maximum Gasteiger partial charge on any atom is 0.255 e. The average molecular weight is 434 g/mol. The number of carbonyl (C=O) groups is 1. The van der Waals surface area contributed by atoms with Crippen LogP contribution in [0.25, 0.3) is 0 Å². The number of hydrogen-bond acceptors (Lipinski definition) is 6.